The monoisotopic (exact) mass is 270 g/mol. The molecule has 0 spiro atoms. The molecule has 0 aliphatic heterocycles. The van der Waals surface area contributed by atoms with Gasteiger partial charge in [-0.2, -0.15) is 0 Å². The van der Waals surface area contributed by atoms with Crippen LogP contribution in [0.3, 0.4) is 0 Å². The van der Waals surface area contributed by atoms with Crippen molar-refractivity contribution in [2.75, 3.05) is 5.73 Å². The van der Waals surface area contributed by atoms with Gasteiger partial charge < -0.3 is 10.3 Å². The number of halogens is 1. The predicted molar refractivity (Wildman–Crippen MR) is 77.9 cm³/mol. The molecule has 0 bridgehead atoms. The van der Waals surface area contributed by atoms with Gasteiger partial charge in [-0.25, -0.2) is 4.39 Å². The first-order chi connectivity index (χ1) is 9.59. The highest BCUT2D eigenvalue weighted by atomic mass is 19.1. The summed E-state index contributed by atoms with van der Waals surface area (Å²) in [5, 5.41) is 5.44. The Morgan fingerprint density at radius 2 is 1.80 bits per heavy atom. The summed E-state index contributed by atoms with van der Waals surface area (Å²) in [7, 11) is 0. The molecule has 0 saturated carbocycles. The van der Waals surface area contributed by atoms with Gasteiger partial charge in [0.1, 0.15) is 11.5 Å². The van der Waals surface area contributed by atoms with Crippen molar-refractivity contribution in [2.24, 2.45) is 0 Å². The van der Waals surface area contributed by atoms with Crippen LogP contribution in [0.2, 0.25) is 0 Å². The van der Waals surface area contributed by atoms with Crippen LogP contribution >= 0.6 is 0 Å². The third-order valence-corrected chi connectivity index (χ3v) is 3.46. The molecule has 0 aliphatic carbocycles. The topological polar surface area (TPSA) is 52.0 Å². The number of hydrogen-bond donors (Lipinski definition) is 1. The number of nitrogens with zero attached hydrogens (tertiary/aromatic N) is 1. The van der Waals surface area contributed by atoms with Crippen LogP contribution in [0.4, 0.5) is 10.3 Å². The lowest BCUT2D eigenvalue weighted by atomic mass is 9.95. The van der Waals surface area contributed by atoms with Crippen LogP contribution in [0.25, 0.3) is 22.0 Å². The van der Waals surface area contributed by atoms with Crippen LogP contribution in [0.15, 0.2) is 40.9 Å². The number of anilines is 1. The first kappa shape index (κ1) is 12.7. The van der Waals surface area contributed by atoms with E-state index in [1.54, 1.807) is 12.1 Å². The standard InChI is InChI=1S/C16H15FN2O/c1-9(2)14-15(19-20-16(14)18)12-7-8-13(17)11-6-4-3-5-10(11)12/h3-9H,18H2,1-2H3. The first-order valence-corrected chi connectivity index (χ1v) is 6.52. The minimum absolute atomic E-state index is 0.181. The van der Waals surface area contributed by atoms with Crippen molar-refractivity contribution in [3.8, 4) is 11.3 Å². The first-order valence-electron chi connectivity index (χ1n) is 6.52. The Labute approximate surface area is 116 Å². The van der Waals surface area contributed by atoms with Crippen LogP contribution in [0.1, 0.15) is 25.3 Å². The molecule has 0 fully saturated rings. The van der Waals surface area contributed by atoms with Crippen LogP contribution in [0.5, 0.6) is 0 Å². The number of nitrogens with two attached hydrogens (primary N) is 1. The van der Waals surface area contributed by atoms with Crippen LogP contribution in [0, 0.1) is 5.82 Å². The molecule has 0 amide bonds. The molecule has 1 heterocycles. The normalized spacial score (nSPS) is 11.4. The van der Waals surface area contributed by atoms with E-state index in [1.165, 1.54) is 6.07 Å². The Morgan fingerprint density at radius 1 is 1.10 bits per heavy atom. The number of nitrogen functional groups attached to an aromatic ring is 1. The van der Waals surface area contributed by atoms with Crippen LogP contribution in [-0.2, 0) is 0 Å². The maximum absolute atomic E-state index is 13.9. The zero-order valence-corrected chi connectivity index (χ0v) is 11.4. The lowest BCUT2D eigenvalue weighted by Gasteiger charge is -2.09. The number of fused-ring (bicyclic) bond motifs is 1. The molecule has 2 N–H and O–H groups in total. The zero-order chi connectivity index (χ0) is 14.3. The third kappa shape index (κ3) is 1.84. The van der Waals surface area contributed by atoms with Gasteiger partial charge in [-0.3, -0.25) is 0 Å². The zero-order valence-electron chi connectivity index (χ0n) is 11.4. The Hall–Kier alpha value is -2.36. The molecule has 0 unspecified atom stereocenters. The molecule has 1 aromatic heterocycles. The van der Waals surface area contributed by atoms with Gasteiger partial charge in [0.05, 0.1) is 0 Å². The van der Waals surface area contributed by atoms with E-state index in [0.717, 1.165) is 16.5 Å². The van der Waals surface area contributed by atoms with Crippen molar-refractivity contribution in [1.82, 2.24) is 5.16 Å². The molecule has 0 atom stereocenters. The van der Waals surface area contributed by atoms with E-state index in [4.69, 9.17) is 10.3 Å². The Balaban J connectivity index is 2.34. The molecule has 2 aromatic carbocycles. The van der Waals surface area contributed by atoms with Crippen molar-refractivity contribution in [1.29, 1.82) is 0 Å². The lowest BCUT2D eigenvalue weighted by molar-refractivity contribution is 0.438. The quantitative estimate of drug-likeness (QED) is 0.753. The van der Waals surface area contributed by atoms with Crippen molar-refractivity contribution in [3.05, 3.63) is 47.8 Å². The number of hydrogen-bond acceptors (Lipinski definition) is 3. The van der Waals surface area contributed by atoms with E-state index >= 15 is 0 Å². The molecule has 0 aliphatic rings. The number of aromatic nitrogens is 1. The molecule has 3 nitrogen and oxygen atoms in total. The summed E-state index contributed by atoms with van der Waals surface area (Å²) >= 11 is 0. The second-order valence-corrected chi connectivity index (χ2v) is 5.10. The van der Waals surface area contributed by atoms with Crippen molar-refractivity contribution in [3.63, 3.8) is 0 Å². The van der Waals surface area contributed by atoms with Gasteiger partial charge in [0.25, 0.3) is 0 Å². The predicted octanol–water partition coefficient (Wildman–Crippen LogP) is 4.34. The SMILES string of the molecule is CC(C)c1c(-c2ccc(F)c3ccccc23)noc1N. The highest BCUT2D eigenvalue weighted by Crippen LogP contribution is 2.37. The average molecular weight is 270 g/mol. The molecular weight excluding hydrogens is 255 g/mol. The summed E-state index contributed by atoms with van der Waals surface area (Å²) in [5.41, 5.74) is 8.24. The maximum Gasteiger partial charge on any atom is 0.226 e. The van der Waals surface area contributed by atoms with E-state index < -0.39 is 0 Å². The fourth-order valence-electron chi connectivity index (χ4n) is 2.53. The highest BCUT2D eigenvalue weighted by Gasteiger charge is 2.20. The summed E-state index contributed by atoms with van der Waals surface area (Å²) < 4.78 is 19.0. The summed E-state index contributed by atoms with van der Waals surface area (Å²) in [6.07, 6.45) is 0. The molecule has 0 saturated heterocycles. The van der Waals surface area contributed by atoms with E-state index in [9.17, 15) is 4.39 Å². The van der Waals surface area contributed by atoms with E-state index in [1.807, 2.05) is 32.0 Å². The van der Waals surface area contributed by atoms with E-state index in [0.29, 0.717) is 17.0 Å². The third-order valence-electron chi connectivity index (χ3n) is 3.46. The lowest BCUT2D eigenvalue weighted by Crippen LogP contribution is -1.95. The minimum Gasteiger partial charge on any atom is -0.367 e. The highest BCUT2D eigenvalue weighted by molar-refractivity contribution is 5.97. The van der Waals surface area contributed by atoms with Crippen LogP contribution in [-0.4, -0.2) is 5.16 Å². The average Bonchev–Trinajstić information content (AvgIpc) is 2.81. The molecule has 3 rings (SSSR count). The van der Waals surface area contributed by atoms with Gasteiger partial charge in [-0.15, -0.1) is 0 Å². The molecule has 4 heteroatoms. The van der Waals surface area contributed by atoms with E-state index in [2.05, 4.69) is 5.16 Å². The smallest absolute Gasteiger partial charge is 0.226 e. The van der Waals surface area contributed by atoms with Gasteiger partial charge in [0, 0.05) is 16.5 Å². The van der Waals surface area contributed by atoms with Gasteiger partial charge >= 0.3 is 0 Å². The molecule has 0 radical (unpaired) electrons. The second kappa shape index (κ2) is 4.63. The maximum atomic E-state index is 13.9. The summed E-state index contributed by atoms with van der Waals surface area (Å²) in [5.74, 6) is 0.260. The van der Waals surface area contributed by atoms with Crippen molar-refractivity contribution in [2.45, 2.75) is 19.8 Å². The molecule has 20 heavy (non-hydrogen) atoms. The fourth-order valence-corrected chi connectivity index (χ4v) is 2.53. The summed E-state index contributed by atoms with van der Waals surface area (Å²) in [6, 6.07) is 10.5. The van der Waals surface area contributed by atoms with Gasteiger partial charge in [0.2, 0.25) is 5.88 Å². The van der Waals surface area contributed by atoms with Crippen LogP contribution < -0.4 is 5.73 Å². The molecule has 3 aromatic rings. The Morgan fingerprint density at radius 3 is 2.50 bits per heavy atom. The molecular formula is C16H15FN2O. The summed E-state index contributed by atoms with van der Waals surface area (Å²) in [6.45, 7) is 4.05. The number of benzene rings is 2. The summed E-state index contributed by atoms with van der Waals surface area (Å²) in [4.78, 5) is 0. The van der Waals surface area contributed by atoms with Gasteiger partial charge in [-0.1, -0.05) is 43.3 Å². The van der Waals surface area contributed by atoms with Crippen molar-refractivity contribution >= 4 is 16.7 Å². The Kier molecular flexibility index (Phi) is 2.93. The minimum atomic E-state index is -0.244. The Bertz CT molecular complexity index is 777. The van der Waals surface area contributed by atoms with Crippen molar-refractivity contribution < 1.29 is 8.91 Å². The van der Waals surface area contributed by atoms with E-state index in [-0.39, 0.29) is 11.7 Å². The van der Waals surface area contributed by atoms with Gasteiger partial charge in [-0.05, 0) is 23.4 Å². The largest absolute Gasteiger partial charge is 0.367 e. The second-order valence-electron chi connectivity index (χ2n) is 5.10. The molecule has 102 valence electrons. The number of rotatable bonds is 2. The van der Waals surface area contributed by atoms with Gasteiger partial charge in [0.15, 0.2) is 0 Å². The fraction of sp³-hybridized carbons (Fsp3) is 0.188.